The molecule has 0 atom stereocenters. The third-order valence-corrected chi connectivity index (χ3v) is 0.471. The van der Waals surface area contributed by atoms with E-state index in [-0.39, 0.29) is 19.5 Å². The van der Waals surface area contributed by atoms with Gasteiger partial charge in [0.2, 0.25) is 0 Å². The van der Waals surface area contributed by atoms with Gasteiger partial charge in [0.25, 0.3) is 0 Å². The Morgan fingerprint density at radius 1 is 1.33 bits per heavy atom. The van der Waals surface area contributed by atoms with Crippen molar-refractivity contribution >= 4 is 0 Å². The summed E-state index contributed by atoms with van der Waals surface area (Å²) in [4.78, 5) is 0. The molecule has 0 fully saturated rings. The van der Waals surface area contributed by atoms with Crippen LogP contribution in [-0.4, -0.2) is 13.2 Å². The zero-order valence-electron chi connectivity index (χ0n) is 4.69. The largest absolute Gasteiger partial charge is 0.382 e. The van der Waals surface area contributed by atoms with Gasteiger partial charge >= 0.3 is 0 Å². The van der Waals surface area contributed by atoms with E-state index in [0.29, 0.717) is 6.10 Å². The monoisotopic (exact) mass is 138 g/mol. The number of ether oxygens (including phenoxy) is 1. The van der Waals surface area contributed by atoms with E-state index in [1.54, 1.807) is 7.11 Å². The summed E-state index contributed by atoms with van der Waals surface area (Å²) in [5.41, 5.74) is 0. The van der Waals surface area contributed by atoms with Crippen LogP contribution in [0.2, 0.25) is 0 Å². The molecule has 0 aliphatic carbocycles. The summed E-state index contributed by atoms with van der Waals surface area (Å²) < 4.78 is 4.75. The first-order chi connectivity index (χ1) is 2.27. The minimum Gasteiger partial charge on any atom is -0.382 e. The Balaban J connectivity index is 0. The molecule has 0 radical (unpaired) electrons. The van der Waals surface area contributed by atoms with Gasteiger partial charge in [0.05, 0.1) is 6.10 Å². The van der Waals surface area contributed by atoms with E-state index in [1.807, 2.05) is 13.8 Å². The van der Waals surface area contributed by atoms with E-state index >= 15 is 0 Å². The maximum absolute atomic E-state index is 4.75. The molecule has 34 valence electrons. The van der Waals surface area contributed by atoms with Crippen LogP contribution in [0.5, 0.6) is 0 Å². The topological polar surface area (TPSA) is 9.23 Å². The van der Waals surface area contributed by atoms with Gasteiger partial charge in [-0.3, -0.25) is 0 Å². The van der Waals surface area contributed by atoms with Crippen LogP contribution in [0.3, 0.4) is 0 Å². The standard InChI is InChI=1S/C4H10O.Zn/c1-4(2)5-3;/h4H,1-3H3;. The maximum Gasteiger partial charge on any atom is 0.0515 e. The van der Waals surface area contributed by atoms with Crippen molar-refractivity contribution in [3.05, 3.63) is 0 Å². The summed E-state index contributed by atoms with van der Waals surface area (Å²) in [6.07, 6.45) is 0.384. The third-order valence-electron chi connectivity index (χ3n) is 0.471. The number of methoxy groups -OCH3 is 1. The normalized spacial score (nSPS) is 8.00. The van der Waals surface area contributed by atoms with Crippen LogP contribution in [0.15, 0.2) is 0 Å². The van der Waals surface area contributed by atoms with E-state index in [4.69, 9.17) is 4.74 Å². The number of rotatable bonds is 1. The first-order valence-electron chi connectivity index (χ1n) is 1.80. The van der Waals surface area contributed by atoms with Gasteiger partial charge in [-0.05, 0) is 13.8 Å². The third kappa shape index (κ3) is 8.82. The fourth-order valence-electron chi connectivity index (χ4n) is 0. The van der Waals surface area contributed by atoms with Gasteiger partial charge in [-0.1, -0.05) is 0 Å². The fraction of sp³-hybridized carbons (Fsp3) is 1.00. The molecule has 2 heteroatoms. The smallest absolute Gasteiger partial charge is 0.0515 e. The van der Waals surface area contributed by atoms with E-state index in [2.05, 4.69) is 0 Å². The molecule has 0 aliphatic rings. The van der Waals surface area contributed by atoms with Crippen molar-refractivity contribution in [2.75, 3.05) is 7.11 Å². The molecule has 1 nitrogen and oxygen atoms in total. The molecule has 0 aromatic rings. The summed E-state index contributed by atoms with van der Waals surface area (Å²) in [6, 6.07) is 0. The average molecular weight is 140 g/mol. The van der Waals surface area contributed by atoms with Gasteiger partial charge in [-0.2, -0.15) is 0 Å². The van der Waals surface area contributed by atoms with Crippen LogP contribution in [0, 0.1) is 0 Å². The van der Waals surface area contributed by atoms with Crippen LogP contribution < -0.4 is 0 Å². The Morgan fingerprint density at radius 2 is 1.50 bits per heavy atom. The van der Waals surface area contributed by atoms with Gasteiger partial charge in [0.1, 0.15) is 0 Å². The molecule has 0 spiro atoms. The predicted molar refractivity (Wildman–Crippen MR) is 22.1 cm³/mol. The van der Waals surface area contributed by atoms with Gasteiger partial charge < -0.3 is 4.74 Å². The maximum atomic E-state index is 4.75. The van der Waals surface area contributed by atoms with Crippen molar-refractivity contribution in [2.24, 2.45) is 0 Å². The van der Waals surface area contributed by atoms with Crippen LogP contribution >= 0.6 is 0 Å². The van der Waals surface area contributed by atoms with Gasteiger partial charge in [-0.15, -0.1) is 0 Å². The van der Waals surface area contributed by atoms with Crippen LogP contribution in [0.1, 0.15) is 13.8 Å². The Hall–Kier alpha value is 0.583. The Bertz CT molecular complexity index is 21.5. The second-order valence-corrected chi connectivity index (χ2v) is 1.28. The Morgan fingerprint density at radius 3 is 1.50 bits per heavy atom. The van der Waals surface area contributed by atoms with Crippen LogP contribution in [-0.2, 0) is 24.2 Å². The molecule has 0 unspecified atom stereocenters. The number of hydrogen-bond donors (Lipinski definition) is 0. The second kappa shape index (κ2) is 5.58. The van der Waals surface area contributed by atoms with Crippen molar-refractivity contribution in [3.63, 3.8) is 0 Å². The van der Waals surface area contributed by atoms with Crippen molar-refractivity contribution in [1.29, 1.82) is 0 Å². The van der Waals surface area contributed by atoms with Crippen molar-refractivity contribution in [3.8, 4) is 0 Å². The van der Waals surface area contributed by atoms with E-state index in [9.17, 15) is 0 Å². The molecule has 6 heavy (non-hydrogen) atoms. The molecule has 0 bridgehead atoms. The molecule has 0 saturated heterocycles. The molecule has 0 N–H and O–H groups in total. The molecule has 0 amide bonds. The summed E-state index contributed by atoms with van der Waals surface area (Å²) >= 11 is 0. The summed E-state index contributed by atoms with van der Waals surface area (Å²) in [5, 5.41) is 0. The van der Waals surface area contributed by atoms with Crippen molar-refractivity contribution in [2.45, 2.75) is 20.0 Å². The first kappa shape index (κ1) is 9.77. The molecule has 0 aliphatic heterocycles. The first-order valence-corrected chi connectivity index (χ1v) is 1.80. The van der Waals surface area contributed by atoms with Crippen molar-refractivity contribution < 1.29 is 24.2 Å². The minimum atomic E-state index is 0. The van der Waals surface area contributed by atoms with E-state index in [0.717, 1.165) is 0 Å². The van der Waals surface area contributed by atoms with Crippen LogP contribution in [0.4, 0.5) is 0 Å². The molecular weight excluding hydrogens is 129 g/mol. The second-order valence-electron chi connectivity index (χ2n) is 1.28. The van der Waals surface area contributed by atoms with Gasteiger partial charge in [0.15, 0.2) is 0 Å². The quantitative estimate of drug-likeness (QED) is 0.494. The van der Waals surface area contributed by atoms with Crippen LogP contribution in [0.25, 0.3) is 0 Å². The Labute approximate surface area is 51.8 Å². The zero-order valence-corrected chi connectivity index (χ0v) is 7.66. The minimum absolute atomic E-state index is 0. The zero-order chi connectivity index (χ0) is 4.28. The molecule has 0 rings (SSSR count). The Kier molecular flexibility index (Phi) is 9.09. The van der Waals surface area contributed by atoms with Gasteiger partial charge in [0, 0.05) is 26.6 Å². The predicted octanol–water partition coefficient (Wildman–Crippen LogP) is 1.04. The van der Waals surface area contributed by atoms with E-state index < -0.39 is 0 Å². The molecule has 0 heterocycles. The number of hydrogen-bond acceptors (Lipinski definition) is 1. The molecule has 0 aromatic heterocycles. The molecule has 0 aromatic carbocycles. The fourth-order valence-corrected chi connectivity index (χ4v) is 0. The summed E-state index contributed by atoms with van der Waals surface area (Å²) in [6.45, 7) is 4.00. The molecular formula is C4H10OZn. The average Bonchev–Trinajstić information content (AvgIpc) is 1.38. The molecule has 0 saturated carbocycles. The summed E-state index contributed by atoms with van der Waals surface area (Å²) in [5.74, 6) is 0. The van der Waals surface area contributed by atoms with Crippen molar-refractivity contribution in [1.82, 2.24) is 0 Å². The SMILES string of the molecule is COC(C)C.[Zn]. The van der Waals surface area contributed by atoms with E-state index in [1.165, 1.54) is 0 Å². The van der Waals surface area contributed by atoms with Gasteiger partial charge in [-0.25, -0.2) is 0 Å². The summed E-state index contributed by atoms with van der Waals surface area (Å²) in [7, 11) is 1.70.